The Balaban J connectivity index is 1.59. The molecule has 122 valence electrons. The Morgan fingerprint density at radius 3 is 3.00 bits per heavy atom. The molecule has 6 heteroatoms. The van der Waals surface area contributed by atoms with Gasteiger partial charge in [0.25, 0.3) is 0 Å². The number of urea groups is 1. The highest BCUT2D eigenvalue weighted by Gasteiger charge is 2.25. The average Bonchev–Trinajstić information content (AvgIpc) is 3.17. The quantitative estimate of drug-likeness (QED) is 0.807. The largest absolute Gasteiger partial charge is 0.383 e. The molecule has 0 saturated carbocycles. The van der Waals surface area contributed by atoms with Gasteiger partial charge in [-0.2, -0.15) is 0 Å². The van der Waals surface area contributed by atoms with Gasteiger partial charge in [0.1, 0.15) is 5.60 Å². The molecule has 0 radical (unpaired) electrons. The SMILES string of the molecule is CN1CCc2ccc(NC(=O)NCC(C)(O)c3cccs3)cc21. The summed E-state index contributed by atoms with van der Waals surface area (Å²) in [7, 11) is 2.05. The second-order valence-corrected chi connectivity index (χ2v) is 7.02. The highest BCUT2D eigenvalue weighted by molar-refractivity contribution is 7.10. The van der Waals surface area contributed by atoms with Gasteiger partial charge in [0.05, 0.1) is 6.54 Å². The van der Waals surface area contributed by atoms with Crippen LogP contribution in [0.1, 0.15) is 17.4 Å². The fourth-order valence-corrected chi connectivity index (χ4v) is 3.50. The Bertz CT molecular complexity index is 698. The summed E-state index contributed by atoms with van der Waals surface area (Å²) in [6.07, 6.45) is 1.04. The topological polar surface area (TPSA) is 64.6 Å². The van der Waals surface area contributed by atoms with Crippen LogP contribution in [0.5, 0.6) is 0 Å². The van der Waals surface area contributed by atoms with Gasteiger partial charge < -0.3 is 20.6 Å². The van der Waals surface area contributed by atoms with E-state index >= 15 is 0 Å². The number of rotatable bonds is 4. The number of anilines is 2. The highest BCUT2D eigenvalue weighted by Crippen LogP contribution is 2.29. The summed E-state index contributed by atoms with van der Waals surface area (Å²) in [6, 6.07) is 9.38. The van der Waals surface area contributed by atoms with Gasteiger partial charge >= 0.3 is 6.03 Å². The number of carbonyl (C=O) groups excluding carboxylic acids is 1. The van der Waals surface area contributed by atoms with E-state index < -0.39 is 5.60 Å². The summed E-state index contributed by atoms with van der Waals surface area (Å²) >= 11 is 1.47. The molecular weight excluding hydrogens is 310 g/mol. The van der Waals surface area contributed by atoms with Crippen molar-refractivity contribution in [2.24, 2.45) is 0 Å². The molecule has 1 aliphatic rings. The van der Waals surface area contributed by atoms with Crippen molar-refractivity contribution in [1.82, 2.24) is 5.32 Å². The van der Waals surface area contributed by atoms with E-state index in [1.165, 1.54) is 16.9 Å². The lowest BCUT2D eigenvalue weighted by atomic mass is 10.1. The Hall–Kier alpha value is -2.05. The molecule has 0 aliphatic carbocycles. The predicted molar refractivity (Wildman–Crippen MR) is 94.3 cm³/mol. The fraction of sp³-hybridized carbons (Fsp3) is 0.353. The number of hydrogen-bond acceptors (Lipinski definition) is 4. The summed E-state index contributed by atoms with van der Waals surface area (Å²) < 4.78 is 0. The van der Waals surface area contributed by atoms with Crippen LogP contribution in [0.3, 0.4) is 0 Å². The van der Waals surface area contributed by atoms with Crippen LogP contribution in [0.15, 0.2) is 35.7 Å². The molecule has 0 bridgehead atoms. The standard InChI is InChI=1S/C17H21N3O2S/c1-17(22,15-4-3-9-23-15)11-18-16(21)19-13-6-5-12-7-8-20(2)14(12)10-13/h3-6,9-10,22H,7-8,11H2,1-2H3,(H2,18,19,21). The molecule has 0 fully saturated rings. The lowest BCUT2D eigenvalue weighted by molar-refractivity contribution is 0.0637. The predicted octanol–water partition coefficient (Wildman–Crippen LogP) is 2.77. The van der Waals surface area contributed by atoms with E-state index in [0.29, 0.717) is 0 Å². The van der Waals surface area contributed by atoms with E-state index in [1.807, 2.05) is 36.7 Å². The molecule has 23 heavy (non-hydrogen) atoms. The molecular formula is C17H21N3O2S. The maximum atomic E-state index is 12.1. The molecule has 0 saturated heterocycles. The third kappa shape index (κ3) is 3.48. The van der Waals surface area contributed by atoms with Crippen molar-refractivity contribution >= 4 is 28.7 Å². The summed E-state index contributed by atoms with van der Waals surface area (Å²) in [4.78, 5) is 15.1. The van der Waals surface area contributed by atoms with Crippen molar-refractivity contribution in [3.8, 4) is 0 Å². The molecule has 3 N–H and O–H groups in total. The molecule has 5 nitrogen and oxygen atoms in total. The van der Waals surface area contributed by atoms with Gasteiger partial charge in [-0.1, -0.05) is 12.1 Å². The first-order chi connectivity index (χ1) is 11.0. The fourth-order valence-electron chi connectivity index (χ4n) is 2.72. The number of fused-ring (bicyclic) bond motifs is 1. The zero-order valence-corrected chi connectivity index (χ0v) is 14.1. The maximum Gasteiger partial charge on any atom is 0.319 e. The second kappa shape index (κ2) is 6.22. The Morgan fingerprint density at radius 1 is 1.43 bits per heavy atom. The van der Waals surface area contributed by atoms with E-state index in [0.717, 1.165) is 29.2 Å². The van der Waals surface area contributed by atoms with Gasteiger partial charge in [-0.15, -0.1) is 11.3 Å². The summed E-state index contributed by atoms with van der Waals surface area (Å²) in [5.41, 5.74) is 2.15. The van der Waals surface area contributed by atoms with Crippen LogP contribution in [-0.4, -0.2) is 31.3 Å². The summed E-state index contributed by atoms with van der Waals surface area (Å²) in [5, 5.41) is 17.9. The van der Waals surface area contributed by atoms with Gasteiger partial charge in [-0.3, -0.25) is 0 Å². The van der Waals surface area contributed by atoms with Crippen LogP contribution < -0.4 is 15.5 Å². The smallest absolute Gasteiger partial charge is 0.319 e. The number of aliphatic hydroxyl groups is 1. The second-order valence-electron chi connectivity index (χ2n) is 6.07. The number of amides is 2. The van der Waals surface area contributed by atoms with Crippen molar-refractivity contribution in [3.05, 3.63) is 46.2 Å². The van der Waals surface area contributed by atoms with Crippen LogP contribution in [0, 0.1) is 0 Å². The Kier molecular flexibility index (Phi) is 4.28. The summed E-state index contributed by atoms with van der Waals surface area (Å²) in [6.45, 7) is 2.86. The number of benzene rings is 1. The van der Waals surface area contributed by atoms with Gasteiger partial charge in [-0.25, -0.2) is 4.79 Å². The molecule has 1 aromatic carbocycles. The van der Waals surface area contributed by atoms with Crippen LogP contribution in [0.25, 0.3) is 0 Å². The van der Waals surface area contributed by atoms with Crippen molar-refractivity contribution in [3.63, 3.8) is 0 Å². The molecule has 2 amide bonds. The minimum Gasteiger partial charge on any atom is -0.383 e. The highest BCUT2D eigenvalue weighted by atomic mass is 32.1. The Labute approximate surface area is 139 Å². The van der Waals surface area contributed by atoms with Gasteiger partial charge in [0, 0.05) is 29.8 Å². The minimum absolute atomic E-state index is 0.157. The maximum absolute atomic E-state index is 12.1. The lowest BCUT2D eigenvalue weighted by Crippen LogP contribution is -2.40. The molecule has 1 aromatic heterocycles. The van der Waals surface area contributed by atoms with Crippen LogP contribution in [0.2, 0.25) is 0 Å². The molecule has 2 heterocycles. The van der Waals surface area contributed by atoms with Crippen molar-refractivity contribution in [2.75, 3.05) is 30.4 Å². The van der Waals surface area contributed by atoms with Crippen molar-refractivity contribution in [1.29, 1.82) is 0 Å². The van der Waals surface area contributed by atoms with Crippen LogP contribution in [0.4, 0.5) is 16.2 Å². The number of likely N-dealkylation sites (N-methyl/N-ethyl adjacent to an activating group) is 1. The third-order valence-corrected chi connectivity index (χ3v) is 5.24. The van der Waals surface area contributed by atoms with Gasteiger partial charge in [-0.05, 0) is 42.5 Å². The Morgan fingerprint density at radius 2 is 2.26 bits per heavy atom. The van der Waals surface area contributed by atoms with Crippen molar-refractivity contribution < 1.29 is 9.90 Å². The van der Waals surface area contributed by atoms with E-state index in [9.17, 15) is 9.90 Å². The molecule has 3 rings (SSSR count). The van der Waals surface area contributed by atoms with Crippen LogP contribution in [-0.2, 0) is 12.0 Å². The molecule has 2 aromatic rings. The van der Waals surface area contributed by atoms with E-state index in [2.05, 4.69) is 21.6 Å². The van der Waals surface area contributed by atoms with Gasteiger partial charge in [0.15, 0.2) is 0 Å². The lowest BCUT2D eigenvalue weighted by Gasteiger charge is -2.22. The number of nitrogens with one attached hydrogen (secondary N) is 2. The number of carbonyl (C=O) groups is 1. The summed E-state index contributed by atoms with van der Waals surface area (Å²) in [5.74, 6) is 0. The normalized spacial score (nSPS) is 15.9. The first kappa shape index (κ1) is 15.8. The van der Waals surface area contributed by atoms with E-state index in [4.69, 9.17) is 0 Å². The first-order valence-corrected chi connectivity index (χ1v) is 8.49. The number of nitrogens with zero attached hydrogens (tertiary/aromatic N) is 1. The van der Waals surface area contributed by atoms with Gasteiger partial charge in [0.2, 0.25) is 0 Å². The minimum atomic E-state index is -1.07. The van der Waals surface area contributed by atoms with E-state index in [1.54, 1.807) is 6.92 Å². The zero-order chi connectivity index (χ0) is 16.4. The first-order valence-electron chi connectivity index (χ1n) is 7.61. The molecule has 0 spiro atoms. The number of hydrogen-bond donors (Lipinski definition) is 3. The molecule has 1 aliphatic heterocycles. The van der Waals surface area contributed by atoms with Crippen LogP contribution >= 0.6 is 11.3 Å². The average molecular weight is 331 g/mol. The zero-order valence-electron chi connectivity index (χ0n) is 13.3. The van der Waals surface area contributed by atoms with Crippen molar-refractivity contribution in [2.45, 2.75) is 18.9 Å². The van der Waals surface area contributed by atoms with E-state index in [-0.39, 0.29) is 12.6 Å². The molecule has 1 unspecified atom stereocenters. The monoisotopic (exact) mass is 331 g/mol. The number of thiophene rings is 1. The molecule has 1 atom stereocenters. The third-order valence-electron chi connectivity index (χ3n) is 4.12.